The Balaban J connectivity index is 1.91. The van der Waals surface area contributed by atoms with Crippen LogP contribution in [0.2, 0.25) is 6.82 Å². The predicted octanol–water partition coefficient (Wildman–Crippen LogP) is 2.10. The van der Waals surface area contributed by atoms with E-state index in [1.165, 1.54) is 28.0 Å². The van der Waals surface area contributed by atoms with Crippen LogP contribution in [0.5, 0.6) is 0 Å². The fourth-order valence-corrected chi connectivity index (χ4v) is 3.62. The number of hydrogen-bond donors (Lipinski definition) is 0. The normalized spacial score (nSPS) is 14.1. The van der Waals surface area contributed by atoms with Crippen molar-refractivity contribution < 1.29 is 13.6 Å². The van der Waals surface area contributed by atoms with Gasteiger partial charge in [-0.15, -0.1) is 0 Å². The number of aromatic nitrogens is 2. The minimum Gasteiger partial charge on any atom is -0.459 e. The Bertz CT molecular complexity index is 990. The lowest BCUT2D eigenvalue weighted by Gasteiger charge is -2.26. The molecule has 0 aliphatic carbocycles. The summed E-state index contributed by atoms with van der Waals surface area (Å²) < 4.78 is 10.4. The van der Waals surface area contributed by atoms with Gasteiger partial charge in [-0.1, -0.05) is 0 Å². The van der Waals surface area contributed by atoms with Gasteiger partial charge in [0, 0.05) is 23.1 Å². The number of furan rings is 1. The molecule has 1 aliphatic rings. The summed E-state index contributed by atoms with van der Waals surface area (Å²) in [6, 6.07) is 6.49. The molecule has 0 atom stereocenters. The van der Waals surface area contributed by atoms with Crippen LogP contribution in [0.4, 0.5) is 5.82 Å². The van der Waals surface area contributed by atoms with E-state index < -0.39 is 0 Å². The maximum Gasteiger partial charge on any atom is 0.447 e. The summed E-state index contributed by atoms with van der Waals surface area (Å²) in [4.78, 5) is 2.34. The number of anilines is 1. The van der Waals surface area contributed by atoms with Gasteiger partial charge in [0.1, 0.15) is 12.7 Å². The second kappa shape index (κ2) is 5.23. The Kier molecular flexibility index (Phi) is 3.27. The van der Waals surface area contributed by atoms with Gasteiger partial charge < -0.3 is 4.42 Å². The van der Waals surface area contributed by atoms with Gasteiger partial charge >= 0.3 is 6.85 Å². The van der Waals surface area contributed by atoms with Crippen molar-refractivity contribution in [3.05, 3.63) is 53.6 Å². The first kappa shape index (κ1) is 15.0. The third-order valence-corrected chi connectivity index (χ3v) is 4.86. The van der Waals surface area contributed by atoms with E-state index in [0.717, 1.165) is 11.2 Å². The van der Waals surface area contributed by atoms with Crippen LogP contribution in [0.25, 0.3) is 17.0 Å². The Morgan fingerprint density at radius 1 is 1.12 bits per heavy atom. The van der Waals surface area contributed by atoms with Crippen LogP contribution in [0.3, 0.4) is 0 Å². The van der Waals surface area contributed by atoms with E-state index in [1.54, 1.807) is 0 Å². The van der Waals surface area contributed by atoms with E-state index in [1.807, 2.05) is 17.8 Å². The van der Waals surface area contributed by atoms with Gasteiger partial charge in [0.25, 0.3) is 5.82 Å². The second-order valence-electron chi connectivity index (χ2n) is 6.77. The van der Waals surface area contributed by atoms with Crippen molar-refractivity contribution in [2.75, 3.05) is 4.81 Å². The van der Waals surface area contributed by atoms with Crippen molar-refractivity contribution in [1.29, 1.82) is 0 Å². The van der Waals surface area contributed by atoms with Crippen LogP contribution in [-0.2, 0) is 14.1 Å². The number of fused-ring (bicyclic) bond motifs is 3. The highest BCUT2D eigenvalue weighted by molar-refractivity contribution is 6.76. The molecule has 0 N–H and O–H groups in total. The zero-order chi connectivity index (χ0) is 17.0. The van der Waals surface area contributed by atoms with E-state index in [-0.39, 0.29) is 6.85 Å². The Morgan fingerprint density at radius 2 is 1.92 bits per heavy atom. The van der Waals surface area contributed by atoms with Crippen LogP contribution in [0.15, 0.2) is 46.9 Å². The minimum absolute atomic E-state index is 0.149. The molecule has 4 nitrogen and oxygen atoms in total. The van der Waals surface area contributed by atoms with Crippen LogP contribution in [0, 0.1) is 6.92 Å². The average Bonchev–Trinajstić information content (AvgIpc) is 2.88. The molecule has 24 heavy (non-hydrogen) atoms. The standard InChI is InChI=1S/C19H22BN3O/c1-13-6-9-22(5)18(10-13)23-14(2)11-16-15-7-8-21(4)12-17(15)24-19(16)20(23)3/h6-12H,1-5H3/q+2. The monoisotopic (exact) mass is 319 g/mol. The van der Waals surface area contributed by atoms with Crippen molar-refractivity contribution in [2.45, 2.75) is 20.7 Å². The molecule has 0 unspecified atom stereocenters. The van der Waals surface area contributed by atoms with Gasteiger partial charge in [-0.2, -0.15) is 0 Å². The number of pyridine rings is 2. The molecule has 3 aromatic heterocycles. The quantitative estimate of drug-likeness (QED) is 0.507. The third kappa shape index (κ3) is 2.15. The van der Waals surface area contributed by atoms with Crippen LogP contribution in [0.1, 0.15) is 18.1 Å². The molecule has 0 bridgehead atoms. The first-order valence-corrected chi connectivity index (χ1v) is 8.31. The Morgan fingerprint density at radius 3 is 2.71 bits per heavy atom. The number of allylic oxidation sites excluding steroid dienone is 1. The van der Waals surface area contributed by atoms with E-state index in [0.29, 0.717) is 0 Å². The van der Waals surface area contributed by atoms with Gasteiger partial charge in [-0.05, 0) is 38.4 Å². The van der Waals surface area contributed by atoms with Crippen LogP contribution < -0.4 is 19.6 Å². The SMILES string of the molecule is CB1c2oc3c[n+](C)ccc3c2C=C(C)N1c1cc(C)cc[n+]1C. The molecule has 0 saturated heterocycles. The number of hydrogen-bond acceptors (Lipinski definition) is 2. The van der Waals surface area contributed by atoms with E-state index in [9.17, 15) is 0 Å². The molecule has 120 valence electrons. The Hall–Kier alpha value is -2.56. The van der Waals surface area contributed by atoms with Gasteiger partial charge in [-0.25, -0.2) is 9.13 Å². The fourth-order valence-electron chi connectivity index (χ4n) is 3.62. The fraction of sp³-hybridized carbons (Fsp3) is 0.263. The number of aryl methyl sites for hydroxylation is 3. The molecule has 0 radical (unpaired) electrons. The molecule has 1 aliphatic heterocycles. The summed E-state index contributed by atoms with van der Waals surface area (Å²) in [5, 5.41) is 1.18. The summed E-state index contributed by atoms with van der Waals surface area (Å²) >= 11 is 0. The smallest absolute Gasteiger partial charge is 0.447 e. The number of rotatable bonds is 1. The molecule has 5 heteroatoms. The highest BCUT2D eigenvalue weighted by Gasteiger charge is 2.40. The molecule has 0 amide bonds. The first-order chi connectivity index (χ1) is 11.5. The third-order valence-electron chi connectivity index (χ3n) is 4.86. The van der Waals surface area contributed by atoms with E-state index >= 15 is 0 Å². The molecule has 0 fully saturated rings. The molecule has 3 aromatic rings. The van der Waals surface area contributed by atoms with Crippen LogP contribution in [-0.4, -0.2) is 6.85 Å². The van der Waals surface area contributed by atoms with Crippen molar-refractivity contribution in [3.8, 4) is 0 Å². The lowest BCUT2D eigenvalue weighted by atomic mass is 9.57. The largest absolute Gasteiger partial charge is 0.459 e. The second-order valence-corrected chi connectivity index (χ2v) is 6.77. The summed E-state index contributed by atoms with van der Waals surface area (Å²) in [5.41, 5.74) is 5.67. The summed E-state index contributed by atoms with van der Waals surface area (Å²) in [7, 11) is 4.10. The van der Waals surface area contributed by atoms with Crippen molar-refractivity contribution in [2.24, 2.45) is 14.1 Å². The maximum absolute atomic E-state index is 6.24. The highest BCUT2D eigenvalue weighted by atomic mass is 16.3. The minimum atomic E-state index is 0.149. The molecule has 0 saturated carbocycles. The number of nitrogens with zero attached hydrogens (tertiary/aromatic N) is 3. The lowest BCUT2D eigenvalue weighted by Crippen LogP contribution is -2.52. The van der Waals surface area contributed by atoms with E-state index in [4.69, 9.17) is 4.42 Å². The van der Waals surface area contributed by atoms with Gasteiger partial charge in [-0.3, -0.25) is 4.81 Å². The Labute approximate surface area is 142 Å². The highest BCUT2D eigenvalue weighted by Crippen LogP contribution is 2.29. The van der Waals surface area contributed by atoms with Crippen molar-refractivity contribution >= 4 is 35.4 Å². The topological polar surface area (TPSA) is 24.1 Å². The molecular formula is C19H22BN3O+2. The van der Waals surface area contributed by atoms with Gasteiger partial charge in [0.2, 0.25) is 6.20 Å². The summed E-state index contributed by atoms with van der Waals surface area (Å²) in [6.45, 7) is 6.66. The van der Waals surface area contributed by atoms with Crippen molar-refractivity contribution in [3.63, 3.8) is 0 Å². The molecular weight excluding hydrogens is 297 g/mol. The van der Waals surface area contributed by atoms with Crippen molar-refractivity contribution in [1.82, 2.24) is 0 Å². The zero-order valence-electron chi connectivity index (χ0n) is 14.9. The van der Waals surface area contributed by atoms with Gasteiger partial charge in [0.15, 0.2) is 11.8 Å². The predicted molar refractivity (Wildman–Crippen MR) is 97.1 cm³/mol. The summed E-state index contributed by atoms with van der Waals surface area (Å²) in [5.74, 6) is 1.17. The first-order valence-electron chi connectivity index (χ1n) is 8.31. The lowest BCUT2D eigenvalue weighted by molar-refractivity contribution is -0.670. The zero-order valence-corrected chi connectivity index (χ0v) is 14.9. The molecule has 4 heterocycles. The van der Waals surface area contributed by atoms with E-state index in [2.05, 4.69) is 73.8 Å². The maximum atomic E-state index is 6.24. The van der Waals surface area contributed by atoms with Gasteiger partial charge in [0.05, 0.1) is 18.9 Å². The summed E-state index contributed by atoms with van der Waals surface area (Å²) in [6.07, 6.45) is 8.46. The van der Waals surface area contributed by atoms with Crippen LogP contribution >= 0.6 is 0 Å². The molecule has 0 spiro atoms. The molecule has 0 aromatic carbocycles. The molecule has 4 rings (SSSR count). The average molecular weight is 319 g/mol.